The Kier molecular flexibility index (Phi) is 7.54. The first-order chi connectivity index (χ1) is 20.5. The number of rotatable bonds is 7. The number of hydrogen-bond acceptors (Lipinski definition) is 8. The number of carbonyl (C=O) groups is 1. The van der Waals surface area contributed by atoms with Gasteiger partial charge in [-0.3, -0.25) is 19.5 Å². The molecular weight excluding hydrogens is 552 g/mol. The van der Waals surface area contributed by atoms with E-state index < -0.39 is 16.9 Å². The molecule has 212 valence electrons. The van der Waals surface area contributed by atoms with E-state index in [1.54, 1.807) is 19.1 Å². The molecule has 1 aromatic heterocycles. The summed E-state index contributed by atoms with van der Waals surface area (Å²) >= 11 is 1.20. The van der Waals surface area contributed by atoms with Crippen LogP contribution in [0.15, 0.2) is 94.2 Å². The summed E-state index contributed by atoms with van der Waals surface area (Å²) in [7, 11) is 0. The van der Waals surface area contributed by atoms with Crippen LogP contribution in [-0.2, 0) is 9.53 Å². The van der Waals surface area contributed by atoms with Crippen LogP contribution in [0, 0.1) is 10.1 Å². The van der Waals surface area contributed by atoms with Crippen molar-refractivity contribution in [2.75, 3.05) is 24.6 Å². The fourth-order valence-corrected chi connectivity index (χ4v) is 6.54. The van der Waals surface area contributed by atoms with Crippen molar-refractivity contribution in [3.8, 4) is 0 Å². The van der Waals surface area contributed by atoms with Gasteiger partial charge >= 0.3 is 5.97 Å². The van der Waals surface area contributed by atoms with Gasteiger partial charge in [0.1, 0.15) is 0 Å². The zero-order valence-electron chi connectivity index (χ0n) is 22.9. The maximum atomic E-state index is 14.2. The minimum Gasteiger partial charge on any atom is -0.463 e. The fraction of sp³-hybridized carbons (Fsp3) is 0.219. The van der Waals surface area contributed by atoms with Crippen molar-refractivity contribution in [1.29, 1.82) is 0 Å². The Hall–Kier alpha value is -4.83. The van der Waals surface area contributed by atoms with E-state index in [0.29, 0.717) is 20.6 Å². The summed E-state index contributed by atoms with van der Waals surface area (Å²) in [6, 6.07) is 22.7. The second-order valence-corrected chi connectivity index (χ2v) is 11.0. The van der Waals surface area contributed by atoms with Gasteiger partial charge in [0.15, 0.2) is 4.80 Å². The predicted molar refractivity (Wildman–Crippen MR) is 162 cm³/mol. The van der Waals surface area contributed by atoms with E-state index in [0.717, 1.165) is 42.7 Å². The molecule has 42 heavy (non-hydrogen) atoms. The van der Waals surface area contributed by atoms with E-state index in [4.69, 9.17) is 9.73 Å². The Bertz CT molecular complexity index is 1870. The highest BCUT2D eigenvalue weighted by Gasteiger charge is 2.35. The number of carbonyl (C=O) groups excluding carboxylic acids is 1. The maximum absolute atomic E-state index is 14.2. The number of benzene rings is 3. The van der Waals surface area contributed by atoms with Gasteiger partial charge in [0.25, 0.3) is 11.2 Å². The molecule has 1 atom stereocenters. The molecule has 2 aliphatic heterocycles. The fourth-order valence-electron chi connectivity index (χ4n) is 5.55. The van der Waals surface area contributed by atoms with Gasteiger partial charge in [-0.05, 0) is 37.5 Å². The molecule has 6 rings (SSSR count). The second kappa shape index (κ2) is 11.6. The summed E-state index contributed by atoms with van der Waals surface area (Å²) in [5, 5.41) is 11.6. The normalized spacial score (nSPS) is 16.7. The molecular formula is C32H28N4O5S. The summed E-state index contributed by atoms with van der Waals surface area (Å²) < 4.78 is 7.41. The summed E-state index contributed by atoms with van der Waals surface area (Å²) in [4.78, 5) is 46.4. The topological polar surface area (TPSA) is 107 Å². The van der Waals surface area contributed by atoms with Crippen LogP contribution in [0.2, 0.25) is 0 Å². The summed E-state index contributed by atoms with van der Waals surface area (Å²) in [5.41, 5.74) is 3.26. The van der Waals surface area contributed by atoms with Crippen molar-refractivity contribution < 1.29 is 14.5 Å². The second-order valence-electron chi connectivity index (χ2n) is 10.0. The molecule has 0 saturated carbocycles. The molecule has 1 fully saturated rings. The molecule has 10 heteroatoms. The van der Waals surface area contributed by atoms with Crippen LogP contribution in [0.25, 0.3) is 11.8 Å². The largest absolute Gasteiger partial charge is 0.463 e. The third kappa shape index (κ3) is 5.05. The molecule has 0 bridgehead atoms. The number of nitro groups is 1. The molecule has 4 aromatic rings. The van der Waals surface area contributed by atoms with Crippen molar-refractivity contribution in [2.24, 2.45) is 4.99 Å². The summed E-state index contributed by atoms with van der Waals surface area (Å²) in [6.45, 7) is 3.60. The molecule has 3 aromatic carbocycles. The van der Waals surface area contributed by atoms with E-state index in [2.05, 4.69) is 4.90 Å². The average molecular weight is 581 g/mol. The van der Waals surface area contributed by atoms with Gasteiger partial charge in [-0.25, -0.2) is 9.79 Å². The maximum Gasteiger partial charge on any atom is 0.338 e. The Morgan fingerprint density at radius 2 is 1.76 bits per heavy atom. The number of fused-ring (bicyclic) bond motifs is 1. The number of nitrogens with zero attached hydrogens (tertiary/aromatic N) is 4. The first kappa shape index (κ1) is 27.3. The van der Waals surface area contributed by atoms with Crippen molar-refractivity contribution in [3.63, 3.8) is 0 Å². The summed E-state index contributed by atoms with van der Waals surface area (Å²) in [6.07, 6.45) is 3.78. The number of nitro benzene ring substituents is 1. The number of non-ortho nitro benzene ring substituents is 1. The number of hydrogen-bond donors (Lipinski definition) is 0. The van der Waals surface area contributed by atoms with Crippen LogP contribution >= 0.6 is 11.3 Å². The average Bonchev–Trinajstić information content (AvgIpc) is 3.65. The van der Waals surface area contributed by atoms with Gasteiger partial charge in [-0.15, -0.1) is 0 Å². The molecule has 0 amide bonds. The smallest absolute Gasteiger partial charge is 0.338 e. The quantitative estimate of drug-likeness (QED) is 0.182. The van der Waals surface area contributed by atoms with Gasteiger partial charge in [0.2, 0.25) is 0 Å². The van der Waals surface area contributed by atoms with Crippen LogP contribution in [0.1, 0.15) is 42.5 Å². The summed E-state index contributed by atoms with van der Waals surface area (Å²) in [5.74, 6) is -0.543. The standard InChI is InChI=1S/C32H28N4O5S/c1-2-41-31(38)27-28(21-11-5-3-6-12-21)33-32-35(29(27)22-13-7-4-8-14-22)30(37)26(42-32)20-23-19-24(36(39)40)15-16-25(23)34-17-9-10-18-34/h3-8,11-16,19-20,29H,2,9-10,17-18H2,1H3/b26-20+/t29-/m1/s1. The van der Waals surface area contributed by atoms with Crippen LogP contribution in [0.5, 0.6) is 0 Å². The minimum atomic E-state index is -0.776. The lowest BCUT2D eigenvalue weighted by molar-refractivity contribution is -0.384. The van der Waals surface area contributed by atoms with E-state index in [1.165, 1.54) is 28.0 Å². The molecule has 0 spiro atoms. The van der Waals surface area contributed by atoms with Crippen molar-refractivity contribution in [3.05, 3.63) is 131 Å². The van der Waals surface area contributed by atoms with E-state index in [1.807, 2.05) is 60.7 Å². The number of anilines is 1. The molecule has 3 heterocycles. The third-order valence-corrected chi connectivity index (χ3v) is 8.43. The van der Waals surface area contributed by atoms with Gasteiger partial charge in [-0.2, -0.15) is 0 Å². The highest BCUT2D eigenvalue weighted by molar-refractivity contribution is 7.07. The highest BCUT2D eigenvalue weighted by atomic mass is 32.1. The molecule has 9 nitrogen and oxygen atoms in total. The van der Waals surface area contributed by atoms with Gasteiger partial charge in [-0.1, -0.05) is 72.0 Å². The Labute approximate surface area is 245 Å². The highest BCUT2D eigenvalue weighted by Crippen LogP contribution is 2.35. The Balaban J connectivity index is 1.62. The number of esters is 1. The number of ether oxygens (including phenoxy) is 1. The molecule has 1 saturated heterocycles. The van der Waals surface area contributed by atoms with Crippen molar-refractivity contribution in [2.45, 2.75) is 25.8 Å². The zero-order chi connectivity index (χ0) is 29.2. The van der Waals surface area contributed by atoms with Crippen molar-refractivity contribution >= 4 is 40.5 Å². The van der Waals surface area contributed by atoms with Gasteiger partial charge in [0.05, 0.1) is 33.4 Å². The van der Waals surface area contributed by atoms with Gasteiger partial charge in [0, 0.05) is 42.0 Å². The van der Waals surface area contributed by atoms with E-state index in [-0.39, 0.29) is 23.4 Å². The van der Waals surface area contributed by atoms with Crippen LogP contribution < -0.4 is 19.8 Å². The lowest BCUT2D eigenvalue weighted by Crippen LogP contribution is -2.40. The third-order valence-electron chi connectivity index (χ3n) is 7.44. The molecule has 0 radical (unpaired) electrons. The number of aromatic nitrogens is 1. The van der Waals surface area contributed by atoms with Gasteiger partial charge < -0.3 is 9.64 Å². The van der Waals surface area contributed by atoms with Crippen LogP contribution in [0.3, 0.4) is 0 Å². The van der Waals surface area contributed by atoms with Crippen molar-refractivity contribution in [1.82, 2.24) is 4.57 Å². The number of thiazole rings is 1. The SMILES string of the molecule is CCOC(=O)C1=C(c2ccccc2)N=c2s/c(=C/c3cc([N+](=O)[O-])ccc3N3CCCC3)c(=O)n2[C@@H]1c1ccccc1. The monoisotopic (exact) mass is 580 g/mol. The van der Waals surface area contributed by atoms with E-state index >= 15 is 0 Å². The Morgan fingerprint density at radius 3 is 2.43 bits per heavy atom. The lowest BCUT2D eigenvalue weighted by atomic mass is 9.93. The van der Waals surface area contributed by atoms with E-state index in [9.17, 15) is 19.7 Å². The Morgan fingerprint density at radius 1 is 1.07 bits per heavy atom. The lowest BCUT2D eigenvalue weighted by Gasteiger charge is -2.25. The molecule has 0 N–H and O–H groups in total. The minimum absolute atomic E-state index is 0.0462. The molecule has 2 aliphatic rings. The van der Waals surface area contributed by atoms with Crippen LogP contribution in [0.4, 0.5) is 11.4 Å². The zero-order valence-corrected chi connectivity index (χ0v) is 23.8. The molecule has 0 unspecified atom stereocenters. The predicted octanol–water partition coefficient (Wildman–Crippen LogP) is 4.44. The first-order valence-electron chi connectivity index (χ1n) is 13.8. The first-order valence-corrected chi connectivity index (χ1v) is 14.6. The van der Waals surface area contributed by atoms with Crippen LogP contribution in [-0.4, -0.2) is 35.2 Å². The molecule has 0 aliphatic carbocycles.